The Morgan fingerprint density at radius 2 is 2.03 bits per heavy atom. The highest BCUT2D eigenvalue weighted by molar-refractivity contribution is 7.13. The third-order valence-corrected chi connectivity index (χ3v) is 6.34. The van der Waals surface area contributed by atoms with Crippen molar-refractivity contribution in [1.82, 2.24) is 19.9 Å². The summed E-state index contributed by atoms with van der Waals surface area (Å²) in [6, 6.07) is 9.47. The van der Waals surface area contributed by atoms with Crippen molar-refractivity contribution in [3.63, 3.8) is 0 Å². The Kier molecular flexibility index (Phi) is 5.06. The summed E-state index contributed by atoms with van der Waals surface area (Å²) in [5.74, 6) is 1.28. The second-order valence-corrected chi connectivity index (χ2v) is 8.43. The van der Waals surface area contributed by atoms with Crippen LogP contribution >= 0.6 is 11.3 Å². The van der Waals surface area contributed by atoms with Crippen LogP contribution < -0.4 is 5.32 Å². The van der Waals surface area contributed by atoms with E-state index in [2.05, 4.69) is 20.4 Å². The van der Waals surface area contributed by atoms with Crippen LogP contribution in [0.2, 0.25) is 0 Å². The molecule has 30 heavy (non-hydrogen) atoms. The number of hydrogen-bond acceptors (Lipinski definition) is 7. The van der Waals surface area contributed by atoms with Crippen molar-refractivity contribution in [3.8, 4) is 10.7 Å². The molecule has 1 fully saturated rings. The fraction of sp³-hybridized carbons (Fsp3) is 0.333. The maximum atomic E-state index is 12.9. The van der Waals surface area contributed by atoms with E-state index in [0.717, 1.165) is 29.2 Å². The minimum atomic E-state index is 0.0291. The predicted molar refractivity (Wildman–Crippen MR) is 112 cm³/mol. The Hall–Kier alpha value is -3.04. The van der Waals surface area contributed by atoms with Gasteiger partial charge in [-0.1, -0.05) is 11.2 Å². The molecule has 4 heterocycles. The molecule has 2 aromatic heterocycles. The number of rotatable bonds is 4. The van der Waals surface area contributed by atoms with Gasteiger partial charge in [-0.15, -0.1) is 11.3 Å². The second kappa shape index (κ2) is 8.00. The molecule has 2 aliphatic heterocycles. The van der Waals surface area contributed by atoms with Crippen molar-refractivity contribution in [2.45, 2.75) is 19.4 Å². The van der Waals surface area contributed by atoms with Gasteiger partial charge in [-0.3, -0.25) is 14.5 Å². The average Bonchev–Trinajstić information content (AvgIpc) is 3.45. The lowest BCUT2D eigenvalue weighted by molar-refractivity contribution is -0.116. The molecule has 0 bridgehead atoms. The third-order valence-electron chi connectivity index (χ3n) is 5.48. The van der Waals surface area contributed by atoms with Crippen LogP contribution in [0.3, 0.4) is 0 Å². The maximum Gasteiger partial charge on any atom is 0.253 e. The number of amides is 2. The number of piperazine rings is 1. The van der Waals surface area contributed by atoms with Gasteiger partial charge in [-0.25, -0.2) is 0 Å². The molecule has 1 saturated heterocycles. The van der Waals surface area contributed by atoms with E-state index in [4.69, 9.17) is 4.52 Å². The Labute approximate surface area is 177 Å². The molecule has 0 atom stereocenters. The van der Waals surface area contributed by atoms with E-state index in [9.17, 15) is 9.59 Å². The largest absolute Gasteiger partial charge is 0.338 e. The zero-order valence-electron chi connectivity index (χ0n) is 16.3. The number of aromatic nitrogens is 2. The number of carbonyl (C=O) groups is 2. The summed E-state index contributed by atoms with van der Waals surface area (Å²) >= 11 is 1.58. The Balaban J connectivity index is 1.18. The smallest absolute Gasteiger partial charge is 0.253 e. The van der Waals surface area contributed by atoms with Gasteiger partial charge >= 0.3 is 0 Å². The zero-order valence-corrected chi connectivity index (χ0v) is 17.2. The number of thiophene rings is 1. The van der Waals surface area contributed by atoms with Gasteiger partial charge in [0.25, 0.3) is 5.91 Å². The molecule has 0 radical (unpaired) electrons. The Bertz CT molecular complexity index is 1070. The average molecular weight is 423 g/mol. The van der Waals surface area contributed by atoms with Crippen LogP contribution in [0.25, 0.3) is 10.7 Å². The van der Waals surface area contributed by atoms with E-state index in [0.29, 0.717) is 49.8 Å². The van der Waals surface area contributed by atoms with Crippen LogP contribution in [0, 0.1) is 0 Å². The van der Waals surface area contributed by atoms with Gasteiger partial charge in [0.15, 0.2) is 0 Å². The van der Waals surface area contributed by atoms with Crippen LogP contribution in [-0.2, 0) is 17.8 Å². The summed E-state index contributed by atoms with van der Waals surface area (Å²) in [4.78, 5) is 34.0. The summed E-state index contributed by atoms with van der Waals surface area (Å²) in [6.45, 7) is 3.39. The molecule has 1 aromatic carbocycles. The first kappa shape index (κ1) is 19.0. The normalized spacial score (nSPS) is 16.9. The van der Waals surface area contributed by atoms with Gasteiger partial charge in [-0.05, 0) is 41.6 Å². The van der Waals surface area contributed by atoms with Crippen molar-refractivity contribution in [3.05, 3.63) is 52.7 Å². The Morgan fingerprint density at radius 3 is 2.83 bits per heavy atom. The van der Waals surface area contributed by atoms with Gasteiger partial charge in [0.05, 0.1) is 11.4 Å². The minimum Gasteiger partial charge on any atom is -0.338 e. The molecule has 8 nitrogen and oxygen atoms in total. The standard InChI is InChI=1S/C21H21N5O3S/c27-18-6-4-14-12-15(3-5-16(14)22-18)21(28)26-9-7-25(8-10-26)13-19-23-20(24-29-19)17-2-1-11-30-17/h1-3,5,11-12H,4,6-10,13H2,(H,22,27). The lowest BCUT2D eigenvalue weighted by atomic mass is 10.00. The number of fused-ring (bicyclic) bond motifs is 1. The Morgan fingerprint density at radius 1 is 1.17 bits per heavy atom. The molecule has 5 rings (SSSR count). The quantitative estimate of drug-likeness (QED) is 0.694. The van der Waals surface area contributed by atoms with E-state index in [1.807, 2.05) is 34.5 Å². The van der Waals surface area contributed by atoms with Gasteiger partial charge in [0.2, 0.25) is 17.6 Å². The molecular formula is C21H21N5O3S. The molecule has 2 aliphatic rings. The van der Waals surface area contributed by atoms with Gasteiger partial charge < -0.3 is 14.7 Å². The zero-order chi connectivity index (χ0) is 20.5. The lowest BCUT2D eigenvalue weighted by Gasteiger charge is -2.34. The first-order valence-corrected chi connectivity index (χ1v) is 10.8. The van der Waals surface area contributed by atoms with E-state index in [1.54, 1.807) is 17.4 Å². The first-order valence-electron chi connectivity index (χ1n) is 9.96. The molecule has 0 unspecified atom stereocenters. The van der Waals surface area contributed by atoms with Gasteiger partial charge in [-0.2, -0.15) is 4.98 Å². The molecule has 154 valence electrons. The number of benzene rings is 1. The molecule has 1 N–H and O–H groups in total. The number of nitrogens with one attached hydrogen (secondary N) is 1. The summed E-state index contributed by atoms with van der Waals surface area (Å²) in [7, 11) is 0. The van der Waals surface area contributed by atoms with Crippen molar-refractivity contribution in [2.75, 3.05) is 31.5 Å². The first-order chi connectivity index (χ1) is 14.7. The molecule has 0 saturated carbocycles. The summed E-state index contributed by atoms with van der Waals surface area (Å²) in [5, 5.41) is 8.90. The molecule has 0 spiro atoms. The van der Waals surface area contributed by atoms with Crippen LogP contribution in [0.15, 0.2) is 40.2 Å². The fourth-order valence-electron chi connectivity index (χ4n) is 3.82. The number of carbonyl (C=O) groups excluding carboxylic acids is 2. The highest BCUT2D eigenvalue weighted by Crippen LogP contribution is 2.25. The number of hydrogen-bond donors (Lipinski definition) is 1. The van der Waals surface area contributed by atoms with Crippen molar-refractivity contribution in [2.24, 2.45) is 0 Å². The molecule has 3 aromatic rings. The van der Waals surface area contributed by atoms with Crippen LogP contribution in [-0.4, -0.2) is 57.9 Å². The topological polar surface area (TPSA) is 91.6 Å². The SMILES string of the molecule is O=C1CCc2cc(C(=O)N3CCN(Cc4nc(-c5cccs5)no4)CC3)ccc2N1. The molecule has 0 aliphatic carbocycles. The van der Waals surface area contributed by atoms with Crippen LogP contribution in [0.5, 0.6) is 0 Å². The summed E-state index contributed by atoms with van der Waals surface area (Å²) in [5.41, 5.74) is 2.52. The maximum absolute atomic E-state index is 12.9. The number of nitrogens with zero attached hydrogens (tertiary/aromatic N) is 4. The van der Waals surface area contributed by atoms with Crippen molar-refractivity contribution < 1.29 is 14.1 Å². The van der Waals surface area contributed by atoms with Gasteiger partial charge in [0, 0.05) is 43.9 Å². The number of anilines is 1. The third kappa shape index (κ3) is 3.86. The van der Waals surface area contributed by atoms with Crippen LogP contribution in [0.4, 0.5) is 5.69 Å². The van der Waals surface area contributed by atoms with E-state index in [-0.39, 0.29) is 11.8 Å². The minimum absolute atomic E-state index is 0.0291. The van der Waals surface area contributed by atoms with E-state index >= 15 is 0 Å². The molecular weight excluding hydrogens is 402 g/mol. The second-order valence-electron chi connectivity index (χ2n) is 7.48. The lowest BCUT2D eigenvalue weighted by Crippen LogP contribution is -2.48. The van der Waals surface area contributed by atoms with Crippen LogP contribution in [0.1, 0.15) is 28.2 Å². The highest BCUT2D eigenvalue weighted by atomic mass is 32.1. The molecule has 9 heteroatoms. The van der Waals surface area contributed by atoms with Crippen molar-refractivity contribution >= 4 is 28.8 Å². The van der Waals surface area contributed by atoms with E-state index in [1.165, 1.54) is 0 Å². The van der Waals surface area contributed by atoms with Crippen molar-refractivity contribution in [1.29, 1.82) is 0 Å². The van der Waals surface area contributed by atoms with E-state index < -0.39 is 0 Å². The fourth-order valence-corrected chi connectivity index (χ4v) is 4.47. The predicted octanol–water partition coefficient (Wildman–Crippen LogP) is 2.64. The summed E-state index contributed by atoms with van der Waals surface area (Å²) in [6.07, 6.45) is 1.14. The monoisotopic (exact) mass is 423 g/mol. The number of aryl methyl sites for hydroxylation is 1. The summed E-state index contributed by atoms with van der Waals surface area (Å²) < 4.78 is 5.39. The van der Waals surface area contributed by atoms with Gasteiger partial charge in [0.1, 0.15) is 0 Å². The molecule has 2 amide bonds. The highest BCUT2D eigenvalue weighted by Gasteiger charge is 2.25.